The van der Waals surface area contributed by atoms with Crippen molar-refractivity contribution in [1.82, 2.24) is 0 Å². The van der Waals surface area contributed by atoms with Crippen molar-refractivity contribution in [3.8, 4) is 0 Å². The van der Waals surface area contributed by atoms with E-state index in [1.165, 1.54) is 16.0 Å². The molecule has 0 bridgehead atoms. The highest BCUT2D eigenvalue weighted by Crippen LogP contribution is 2.50. The van der Waals surface area contributed by atoms with E-state index in [0.29, 0.717) is 6.61 Å². The average Bonchev–Trinajstić information content (AvgIpc) is 2.92. The fourth-order valence-electron chi connectivity index (χ4n) is 2.44. The van der Waals surface area contributed by atoms with Gasteiger partial charge in [-0.2, -0.15) is 0 Å². The Hall–Kier alpha value is -0.710. The van der Waals surface area contributed by atoms with E-state index in [4.69, 9.17) is 13.8 Å². The zero-order valence-corrected chi connectivity index (χ0v) is 19.5. The lowest BCUT2D eigenvalue weighted by Crippen LogP contribution is -2.11. The minimum atomic E-state index is -3.24. The van der Waals surface area contributed by atoms with Gasteiger partial charge in [0.15, 0.2) is 0 Å². The Morgan fingerprint density at radius 2 is 1.74 bits per heavy atom. The monoisotopic (exact) mass is 414 g/mol. The van der Waals surface area contributed by atoms with Gasteiger partial charge in [0, 0.05) is 9.75 Å². The van der Waals surface area contributed by atoms with Gasteiger partial charge in [0.2, 0.25) is 0 Å². The smallest absolute Gasteiger partial charge is 0.356 e. The number of thiophene rings is 1. The number of hydrogen-bond acceptors (Lipinski definition) is 5. The Kier molecular flexibility index (Phi) is 10.8. The number of ether oxygens (including phenoxy) is 1. The third-order valence-corrected chi connectivity index (χ3v) is 6.39. The molecule has 0 spiro atoms. The molecule has 0 amide bonds. The van der Waals surface area contributed by atoms with Crippen LogP contribution in [0.25, 0.3) is 6.08 Å². The summed E-state index contributed by atoms with van der Waals surface area (Å²) in [7, 11) is -3.24. The maximum Gasteiger partial charge on any atom is 0.356 e. The number of allylic oxidation sites excluding steroid dienone is 3. The predicted molar refractivity (Wildman–Crippen MR) is 116 cm³/mol. The van der Waals surface area contributed by atoms with Crippen molar-refractivity contribution < 1.29 is 18.3 Å². The van der Waals surface area contributed by atoms with E-state index in [1.807, 2.05) is 27.7 Å². The largest absolute Gasteiger partial charge is 0.363 e. The molecule has 0 saturated carbocycles. The summed E-state index contributed by atoms with van der Waals surface area (Å²) in [4.78, 5) is 2.31. The van der Waals surface area contributed by atoms with Crippen molar-refractivity contribution >= 4 is 25.0 Å². The molecule has 0 aliphatic rings. The summed E-state index contributed by atoms with van der Waals surface area (Å²) >= 11 is 1.69. The first kappa shape index (κ1) is 24.3. The van der Waals surface area contributed by atoms with Gasteiger partial charge in [-0.15, -0.1) is 11.3 Å². The van der Waals surface area contributed by atoms with E-state index < -0.39 is 7.60 Å². The maximum absolute atomic E-state index is 12.7. The highest BCUT2D eigenvalue weighted by Gasteiger charge is 2.28. The fraction of sp³-hybridized carbons (Fsp3) is 0.619. The standard InChI is InChI=1S/C21H35O4PS/c1-16(2)9-8-10-19(7)13-20-11-12-21(27-20)14-23-15-26(22,24-17(3)4)25-18(5)6/h9,11-13,17-18H,8,10,14-15H2,1-7H3/b19-13+. The third-order valence-electron chi connectivity index (χ3n) is 3.40. The number of rotatable bonds is 12. The van der Waals surface area contributed by atoms with Gasteiger partial charge >= 0.3 is 7.60 Å². The van der Waals surface area contributed by atoms with Crippen LogP contribution in [-0.4, -0.2) is 18.6 Å². The van der Waals surface area contributed by atoms with Gasteiger partial charge in [0.1, 0.15) is 6.35 Å². The van der Waals surface area contributed by atoms with Crippen LogP contribution in [0.15, 0.2) is 29.4 Å². The van der Waals surface area contributed by atoms with E-state index in [0.717, 1.165) is 17.7 Å². The van der Waals surface area contributed by atoms with Crippen LogP contribution in [0, 0.1) is 0 Å². The molecule has 0 saturated heterocycles. The predicted octanol–water partition coefficient (Wildman–Crippen LogP) is 7.42. The minimum Gasteiger partial charge on any atom is -0.363 e. The first-order valence-electron chi connectivity index (χ1n) is 9.52. The molecule has 27 heavy (non-hydrogen) atoms. The van der Waals surface area contributed by atoms with Crippen molar-refractivity contribution in [2.75, 3.05) is 6.35 Å². The van der Waals surface area contributed by atoms with E-state index >= 15 is 0 Å². The van der Waals surface area contributed by atoms with Crippen LogP contribution in [0.2, 0.25) is 0 Å². The van der Waals surface area contributed by atoms with Gasteiger partial charge < -0.3 is 13.8 Å². The summed E-state index contributed by atoms with van der Waals surface area (Å²) in [6.45, 7) is 14.2. The first-order valence-corrected chi connectivity index (χ1v) is 12.1. The van der Waals surface area contributed by atoms with Crippen molar-refractivity contribution in [1.29, 1.82) is 0 Å². The maximum atomic E-state index is 12.7. The molecule has 0 N–H and O–H groups in total. The molecule has 1 aromatic rings. The molecule has 0 fully saturated rings. The van der Waals surface area contributed by atoms with Gasteiger partial charge in [-0.3, -0.25) is 4.57 Å². The quantitative estimate of drug-likeness (QED) is 0.264. The van der Waals surface area contributed by atoms with Crippen molar-refractivity contribution in [2.24, 2.45) is 0 Å². The zero-order valence-electron chi connectivity index (χ0n) is 17.8. The van der Waals surface area contributed by atoms with Crippen LogP contribution in [0.1, 0.15) is 71.1 Å². The summed E-state index contributed by atoms with van der Waals surface area (Å²) in [5.41, 5.74) is 2.72. The molecule has 0 atom stereocenters. The van der Waals surface area contributed by atoms with E-state index in [-0.39, 0.29) is 18.6 Å². The van der Waals surface area contributed by atoms with Crippen LogP contribution in [0.5, 0.6) is 0 Å². The lowest BCUT2D eigenvalue weighted by Gasteiger charge is -2.22. The van der Waals surface area contributed by atoms with E-state index in [2.05, 4.69) is 45.1 Å². The number of hydrogen-bond donors (Lipinski definition) is 0. The van der Waals surface area contributed by atoms with Gasteiger partial charge in [-0.25, -0.2) is 0 Å². The Labute approximate surface area is 169 Å². The highest BCUT2D eigenvalue weighted by atomic mass is 32.1. The van der Waals surface area contributed by atoms with Crippen LogP contribution in [0.3, 0.4) is 0 Å². The normalized spacial score (nSPS) is 12.9. The molecule has 154 valence electrons. The van der Waals surface area contributed by atoms with E-state index in [9.17, 15) is 4.57 Å². The SMILES string of the molecule is CC(C)=CCC/C(C)=C/c1ccc(COCP(=O)(OC(C)C)OC(C)C)s1. The lowest BCUT2D eigenvalue weighted by atomic mass is 10.1. The van der Waals surface area contributed by atoms with E-state index in [1.54, 1.807) is 11.3 Å². The molecular weight excluding hydrogens is 379 g/mol. The average molecular weight is 415 g/mol. The van der Waals surface area contributed by atoms with Gasteiger partial charge in [0.05, 0.1) is 18.8 Å². The second-order valence-corrected chi connectivity index (χ2v) is 10.6. The van der Waals surface area contributed by atoms with Gasteiger partial charge in [-0.05, 0) is 79.5 Å². The molecule has 1 aromatic heterocycles. The molecule has 0 radical (unpaired) electrons. The van der Waals surface area contributed by atoms with Crippen molar-refractivity contribution in [3.63, 3.8) is 0 Å². The second-order valence-electron chi connectivity index (χ2n) is 7.51. The zero-order chi connectivity index (χ0) is 20.4. The molecule has 0 unspecified atom stereocenters. The Morgan fingerprint density at radius 1 is 1.11 bits per heavy atom. The Morgan fingerprint density at radius 3 is 2.30 bits per heavy atom. The van der Waals surface area contributed by atoms with Crippen LogP contribution < -0.4 is 0 Å². The topological polar surface area (TPSA) is 44.8 Å². The van der Waals surface area contributed by atoms with Crippen LogP contribution >= 0.6 is 18.9 Å². The summed E-state index contributed by atoms with van der Waals surface area (Å²) in [6.07, 6.45) is 6.25. The molecule has 0 aromatic carbocycles. The summed E-state index contributed by atoms with van der Waals surface area (Å²) in [5.74, 6) is 0. The Bertz CT molecular complexity index is 655. The second kappa shape index (κ2) is 12.0. The van der Waals surface area contributed by atoms with Crippen LogP contribution in [-0.2, 0) is 25.0 Å². The first-order chi connectivity index (χ1) is 12.6. The molecule has 6 heteroatoms. The highest BCUT2D eigenvalue weighted by molar-refractivity contribution is 7.53. The minimum absolute atomic E-state index is 0.0336. The van der Waals surface area contributed by atoms with Gasteiger partial charge in [-0.1, -0.05) is 17.2 Å². The van der Waals surface area contributed by atoms with Gasteiger partial charge in [0.25, 0.3) is 0 Å². The fourth-order valence-corrected chi connectivity index (χ4v) is 5.19. The van der Waals surface area contributed by atoms with Crippen LogP contribution in [0.4, 0.5) is 0 Å². The molecular formula is C21H35O4PS. The molecule has 0 aliphatic carbocycles. The lowest BCUT2D eigenvalue weighted by molar-refractivity contribution is 0.0940. The molecule has 1 rings (SSSR count). The molecule has 4 nitrogen and oxygen atoms in total. The third kappa shape index (κ3) is 11.0. The molecule has 1 heterocycles. The van der Waals surface area contributed by atoms with Crippen molar-refractivity contribution in [2.45, 2.75) is 80.1 Å². The van der Waals surface area contributed by atoms with Crippen molar-refractivity contribution in [3.05, 3.63) is 39.1 Å². The summed E-state index contributed by atoms with van der Waals surface area (Å²) in [5, 5.41) is 0. The summed E-state index contributed by atoms with van der Waals surface area (Å²) in [6, 6.07) is 4.15. The molecule has 0 aliphatic heterocycles. The summed E-state index contributed by atoms with van der Waals surface area (Å²) < 4.78 is 29.4. The Balaban J connectivity index is 2.56.